The zero-order valence-electron chi connectivity index (χ0n) is 10.1. The van der Waals surface area contributed by atoms with Crippen LogP contribution in [0.5, 0.6) is 5.75 Å². The molecular formula is C13H18ClNO3. The number of hydrogen-bond acceptors (Lipinski definition) is 3. The first-order valence-electron chi connectivity index (χ1n) is 5.85. The van der Waals surface area contributed by atoms with E-state index < -0.39 is 5.97 Å². The van der Waals surface area contributed by atoms with E-state index in [4.69, 9.17) is 15.6 Å². The van der Waals surface area contributed by atoms with Crippen LogP contribution in [-0.2, 0) is 17.6 Å². The van der Waals surface area contributed by atoms with Crippen molar-refractivity contribution in [3.63, 3.8) is 0 Å². The molecule has 0 aliphatic heterocycles. The molecule has 4 nitrogen and oxygen atoms in total. The third-order valence-electron chi connectivity index (χ3n) is 3.20. The van der Waals surface area contributed by atoms with Gasteiger partial charge < -0.3 is 15.6 Å². The molecule has 1 atom stereocenters. The molecule has 0 fully saturated rings. The van der Waals surface area contributed by atoms with Crippen LogP contribution in [0.15, 0.2) is 18.2 Å². The van der Waals surface area contributed by atoms with Gasteiger partial charge in [0.2, 0.25) is 0 Å². The maximum absolute atomic E-state index is 10.4. The molecule has 0 amide bonds. The number of aliphatic carboxylic acids is 1. The van der Waals surface area contributed by atoms with Gasteiger partial charge in [-0.1, -0.05) is 6.07 Å². The van der Waals surface area contributed by atoms with E-state index in [1.54, 1.807) is 0 Å². The van der Waals surface area contributed by atoms with Gasteiger partial charge in [-0.25, -0.2) is 4.79 Å². The second-order valence-electron chi connectivity index (χ2n) is 4.46. The van der Waals surface area contributed by atoms with E-state index in [9.17, 15) is 4.79 Å². The molecule has 1 unspecified atom stereocenters. The summed E-state index contributed by atoms with van der Waals surface area (Å²) < 4.78 is 5.17. The van der Waals surface area contributed by atoms with Crippen LogP contribution < -0.4 is 10.5 Å². The number of carboxylic acids is 1. The minimum atomic E-state index is -0.956. The van der Waals surface area contributed by atoms with E-state index >= 15 is 0 Å². The first-order chi connectivity index (χ1) is 8.19. The Morgan fingerprint density at radius 1 is 1.44 bits per heavy atom. The van der Waals surface area contributed by atoms with Gasteiger partial charge in [0.25, 0.3) is 0 Å². The van der Waals surface area contributed by atoms with Crippen molar-refractivity contribution in [1.82, 2.24) is 0 Å². The third-order valence-corrected chi connectivity index (χ3v) is 3.20. The second-order valence-corrected chi connectivity index (χ2v) is 4.46. The highest BCUT2D eigenvalue weighted by Crippen LogP contribution is 2.28. The molecule has 18 heavy (non-hydrogen) atoms. The van der Waals surface area contributed by atoms with E-state index in [0.717, 1.165) is 19.3 Å². The number of carbonyl (C=O) groups is 1. The van der Waals surface area contributed by atoms with E-state index in [1.165, 1.54) is 11.1 Å². The zero-order valence-corrected chi connectivity index (χ0v) is 10.9. The lowest BCUT2D eigenvalue weighted by molar-refractivity contribution is -0.139. The summed E-state index contributed by atoms with van der Waals surface area (Å²) in [6.45, 7) is 0.415. The number of hydrogen-bond donors (Lipinski definition) is 2. The summed E-state index contributed by atoms with van der Waals surface area (Å²) >= 11 is 0. The number of halogens is 1. The van der Waals surface area contributed by atoms with E-state index in [2.05, 4.69) is 0 Å². The van der Waals surface area contributed by atoms with Gasteiger partial charge in [0.1, 0.15) is 5.75 Å². The lowest BCUT2D eigenvalue weighted by atomic mass is 9.84. The number of rotatable bonds is 4. The minimum Gasteiger partial charge on any atom is -0.482 e. The Hall–Kier alpha value is -1.26. The number of carboxylic acid groups (broad SMARTS) is 1. The van der Waals surface area contributed by atoms with Gasteiger partial charge in [0, 0.05) is 0 Å². The van der Waals surface area contributed by atoms with E-state index in [1.807, 2.05) is 18.2 Å². The molecule has 1 aliphatic carbocycles. The number of aryl methyl sites for hydroxylation is 1. The maximum atomic E-state index is 10.4. The molecule has 0 saturated heterocycles. The van der Waals surface area contributed by atoms with Crippen LogP contribution >= 0.6 is 12.4 Å². The highest BCUT2D eigenvalue weighted by atomic mass is 35.5. The standard InChI is InChI=1S/C13H17NO3.ClH/c14-7-9-1-2-10-3-4-12(6-11(10)5-9)17-8-13(15)16;/h3-4,6,9H,1-2,5,7-8,14H2,(H,15,16);1H. The quantitative estimate of drug-likeness (QED) is 0.873. The summed E-state index contributed by atoms with van der Waals surface area (Å²) in [6.07, 6.45) is 3.16. The molecule has 0 saturated carbocycles. The monoisotopic (exact) mass is 271 g/mol. The first kappa shape index (κ1) is 14.8. The average molecular weight is 272 g/mol. The predicted octanol–water partition coefficient (Wildman–Crippen LogP) is 1.64. The molecule has 2 rings (SSSR count). The van der Waals surface area contributed by atoms with Crippen molar-refractivity contribution in [3.8, 4) is 5.75 Å². The lowest BCUT2D eigenvalue weighted by Crippen LogP contribution is -2.22. The Morgan fingerprint density at radius 3 is 2.89 bits per heavy atom. The first-order valence-corrected chi connectivity index (χ1v) is 5.85. The molecule has 1 aliphatic rings. The Morgan fingerprint density at radius 2 is 2.22 bits per heavy atom. The van der Waals surface area contributed by atoms with Gasteiger partial charge >= 0.3 is 5.97 Å². The van der Waals surface area contributed by atoms with Crippen molar-refractivity contribution < 1.29 is 14.6 Å². The summed E-state index contributed by atoms with van der Waals surface area (Å²) in [4.78, 5) is 10.4. The van der Waals surface area contributed by atoms with Gasteiger partial charge in [0.05, 0.1) is 0 Å². The Kier molecular flexibility index (Phi) is 5.44. The summed E-state index contributed by atoms with van der Waals surface area (Å²) in [5.74, 6) is 0.212. The number of ether oxygens (including phenoxy) is 1. The highest BCUT2D eigenvalue weighted by molar-refractivity contribution is 5.85. The van der Waals surface area contributed by atoms with Gasteiger partial charge in [-0.05, 0) is 55.0 Å². The van der Waals surface area contributed by atoms with Crippen LogP contribution in [0, 0.1) is 5.92 Å². The molecule has 5 heteroatoms. The van der Waals surface area contributed by atoms with Crippen LogP contribution in [0.2, 0.25) is 0 Å². The van der Waals surface area contributed by atoms with E-state index in [0.29, 0.717) is 18.2 Å². The summed E-state index contributed by atoms with van der Waals surface area (Å²) in [5.41, 5.74) is 8.26. The van der Waals surface area contributed by atoms with Gasteiger partial charge in [-0.2, -0.15) is 0 Å². The molecule has 0 spiro atoms. The fourth-order valence-corrected chi connectivity index (χ4v) is 2.24. The second kappa shape index (κ2) is 6.61. The maximum Gasteiger partial charge on any atom is 0.341 e. The van der Waals surface area contributed by atoms with Crippen molar-refractivity contribution in [2.45, 2.75) is 19.3 Å². The molecule has 0 radical (unpaired) electrons. The van der Waals surface area contributed by atoms with Crippen molar-refractivity contribution in [2.24, 2.45) is 11.7 Å². The van der Waals surface area contributed by atoms with Crippen LogP contribution in [0.25, 0.3) is 0 Å². The van der Waals surface area contributed by atoms with Crippen molar-refractivity contribution in [2.75, 3.05) is 13.2 Å². The predicted molar refractivity (Wildman–Crippen MR) is 71.4 cm³/mol. The fourth-order valence-electron chi connectivity index (χ4n) is 2.24. The van der Waals surface area contributed by atoms with Crippen molar-refractivity contribution in [1.29, 1.82) is 0 Å². The van der Waals surface area contributed by atoms with Gasteiger partial charge in [-0.3, -0.25) is 0 Å². The average Bonchev–Trinajstić information content (AvgIpc) is 2.35. The molecule has 0 bridgehead atoms. The molecule has 100 valence electrons. The Balaban J connectivity index is 0.00000162. The van der Waals surface area contributed by atoms with Crippen LogP contribution in [0.4, 0.5) is 0 Å². The van der Waals surface area contributed by atoms with Crippen molar-refractivity contribution >= 4 is 18.4 Å². The minimum absolute atomic E-state index is 0. The number of fused-ring (bicyclic) bond motifs is 1. The molecule has 1 aromatic carbocycles. The molecule has 1 aromatic rings. The number of benzene rings is 1. The SMILES string of the molecule is Cl.NCC1CCc2ccc(OCC(=O)O)cc2C1. The van der Waals surface area contributed by atoms with Gasteiger partial charge in [0.15, 0.2) is 6.61 Å². The van der Waals surface area contributed by atoms with Crippen LogP contribution in [0.1, 0.15) is 17.5 Å². The summed E-state index contributed by atoms with van der Waals surface area (Å²) in [5, 5.41) is 8.55. The lowest BCUT2D eigenvalue weighted by Gasteiger charge is -2.23. The smallest absolute Gasteiger partial charge is 0.341 e. The van der Waals surface area contributed by atoms with Crippen molar-refractivity contribution in [3.05, 3.63) is 29.3 Å². The molecule has 3 N–H and O–H groups in total. The Labute approximate surface area is 113 Å². The molecule has 0 heterocycles. The summed E-state index contributed by atoms with van der Waals surface area (Å²) in [7, 11) is 0. The third kappa shape index (κ3) is 3.62. The topological polar surface area (TPSA) is 72.5 Å². The fraction of sp³-hybridized carbons (Fsp3) is 0.462. The van der Waals surface area contributed by atoms with Crippen LogP contribution in [-0.4, -0.2) is 24.2 Å². The Bertz CT molecular complexity index is 423. The number of nitrogens with two attached hydrogens (primary N) is 1. The molecular weight excluding hydrogens is 254 g/mol. The zero-order chi connectivity index (χ0) is 12.3. The summed E-state index contributed by atoms with van der Waals surface area (Å²) in [6, 6.07) is 5.81. The van der Waals surface area contributed by atoms with Crippen LogP contribution in [0.3, 0.4) is 0 Å². The van der Waals surface area contributed by atoms with E-state index in [-0.39, 0.29) is 19.0 Å². The van der Waals surface area contributed by atoms with Gasteiger partial charge in [-0.15, -0.1) is 12.4 Å². The highest BCUT2D eigenvalue weighted by Gasteiger charge is 2.17. The molecule has 0 aromatic heterocycles. The normalized spacial score (nSPS) is 17.5. The largest absolute Gasteiger partial charge is 0.482 e.